The Morgan fingerprint density at radius 1 is 1.15 bits per heavy atom. The topological polar surface area (TPSA) is 94.2 Å². The number of nitrogens with one attached hydrogen (secondary N) is 1. The molecule has 2 saturated heterocycles. The van der Waals surface area contributed by atoms with Crippen molar-refractivity contribution < 1.29 is 33.0 Å². The summed E-state index contributed by atoms with van der Waals surface area (Å²) in [4.78, 5) is 36.8. The molecule has 2 aromatic carbocycles. The molecule has 2 heterocycles. The SMILES string of the molecule is CC(COc1ccc(CC2SC(=O)NC2=O)cc1)N1CC(COc2cccc(F)c2)OC1=O. The van der Waals surface area contributed by atoms with Crippen LogP contribution in [0, 0.1) is 5.82 Å². The van der Waals surface area contributed by atoms with E-state index in [1.807, 2.05) is 19.1 Å². The molecule has 33 heavy (non-hydrogen) atoms. The monoisotopic (exact) mass is 474 g/mol. The van der Waals surface area contributed by atoms with E-state index in [1.54, 1.807) is 29.2 Å². The van der Waals surface area contributed by atoms with Crippen molar-refractivity contribution in [3.8, 4) is 11.5 Å². The average molecular weight is 475 g/mol. The molecule has 2 aliphatic heterocycles. The fraction of sp³-hybridized carbons (Fsp3) is 0.348. The van der Waals surface area contributed by atoms with Crippen molar-refractivity contribution in [3.63, 3.8) is 0 Å². The molecule has 3 atom stereocenters. The molecule has 2 aliphatic rings. The van der Waals surface area contributed by atoms with Gasteiger partial charge in [0.2, 0.25) is 5.91 Å². The second kappa shape index (κ2) is 10.1. The second-order valence-electron chi connectivity index (χ2n) is 7.82. The van der Waals surface area contributed by atoms with Gasteiger partial charge in [0.05, 0.1) is 17.8 Å². The van der Waals surface area contributed by atoms with Crippen LogP contribution in [-0.4, -0.2) is 59.3 Å². The molecule has 3 unspecified atom stereocenters. The van der Waals surface area contributed by atoms with Crippen LogP contribution in [0.25, 0.3) is 0 Å². The summed E-state index contributed by atoms with van der Waals surface area (Å²) < 4.78 is 29.9. The lowest BCUT2D eigenvalue weighted by atomic mass is 10.1. The zero-order valence-electron chi connectivity index (χ0n) is 17.9. The number of hydrogen-bond acceptors (Lipinski definition) is 7. The first-order valence-corrected chi connectivity index (χ1v) is 11.3. The van der Waals surface area contributed by atoms with E-state index in [4.69, 9.17) is 14.2 Å². The van der Waals surface area contributed by atoms with Crippen molar-refractivity contribution in [1.29, 1.82) is 0 Å². The number of amides is 3. The van der Waals surface area contributed by atoms with Crippen LogP contribution in [-0.2, 0) is 16.0 Å². The van der Waals surface area contributed by atoms with Gasteiger partial charge in [0, 0.05) is 6.07 Å². The van der Waals surface area contributed by atoms with E-state index in [1.165, 1.54) is 12.1 Å². The number of nitrogens with zero attached hydrogens (tertiary/aromatic N) is 1. The van der Waals surface area contributed by atoms with Crippen LogP contribution >= 0.6 is 11.8 Å². The van der Waals surface area contributed by atoms with E-state index in [0.29, 0.717) is 24.5 Å². The first-order valence-electron chi connectivity index (χ1n) is 10.5. The highest BCUT2D eigenvalue weighted by molar-refractivity contribution is 8.15. The molecule has 3 amide bonds. The predicted molar refractivity (Wildman–Crippen MR) is 119 cm³/mol. The molecule has 1 N–H and O–H groups in total. The van der Waals surface area contributed by atoms with Crippen LogP contribution in [0.2, 0.25) is 0 Å². The fourth-order valence-electron chi connectivity index (χ4n) is 3.50. The maximum Gasteiger partial charge on any atom is 0.410 e. The zero-order valence-corrected chi connectivity index (χ0v) is 18.7. The number of thioether (sulfide) groups is 1. The van der Waals surface area contributed by atoms with Gasteiger partial charge in [-0.3, -0.25) is 19.8 Å². The summed E-state index contributed by atoms with van der Waals surface area (Å²) in [5, 5.41) is 1.55. The number of rotatable bonds is 9. The maximum atomic E-state index is 13.2. The number of carbonyl (C=O) groups excluding carboxylic acids is 3. The van der Waals surface area contributed by atoms with E-state index in [0.717, 1.165) is 17.3 Å². The van der Waals surface area contributed by atoms with E-state index in [-0.39, 0.29) is 30.4 Å². The number of cyclic esters (lactones) is 1. The van der Waals surface area contributed by atoms with Gasteiger partial charge in [0.15, 0.2) is 6.10 Å². The molecule has 0 radical (unpaired) electrons. The zero-order chi connectivity index (χ0) is 23.4. The molecule has 174 valence electrons. The Bertz CT molecular complexity index is 1030. The second-order valence-corrected chi connectivity index (χ2v) is 8.99. The summed E-state index contributed by atoms with van der Waals surface area (Å²) in [6.45, 7) is 2.60. The first-order chi connectivity index (χ1) is 15.9. The number of carbonyl (C=O) groups is 3. The third-order valence-electron chi connectivity index (χ3n) is 5.27. The van der Waals surface area contributed by atoms with Crippen LogP contribution in [0.1, 0.15) is 12.5 Å². The van der Waals surface area contributed by atoms with E-state index >= 15 is 0 Å². The molecule has 0 aromatic heterocycles. The molecule has 2 fully saturated rings. The fourth-order valence-corrected chi connectivity index (χ4v) is 4.36. The van der Waals surface area contributed by atoms with E-state index < -0.39 is 23.3 Å². The molecule has 0 saturated carbocycles. The van der Waals surface area contributed by atoms with Crippen LogP contribution < -0.4 is 14.8 Å². The van der Waals surface area contributed by atoms with Gasteiger partial charge in [-0.1, -0.05) is 30.0 Å². The summed E-state index contributed by atoms with van der Waals surface area (Å²) >= 11 is 0.998. The summed E-state index contributed by atoms with van der Waals surface area (Å²) in [5.74, 6) is 0.345. The lowest BCUT2D eigenvalue weighted by Gasteiger charge is -2.22. The van der Waals surface area contributed by atoms with E-state index in [9.17, 15) is 18.8 Å². The Kier molecular flexibility index (Phi) is 7.02. The molecule has 2 aromatic rings. The Labute approximate surface area is 194 Å². The van der Waals surface area contributed by atoms with Gasteiger partial charge < -0.3 is 14.2 Å². The van der Waals surface area contributed by atoms with Crippen molar-refractivity contribution >= 4 is 29.0 Å². The number of hydrogen-bond donors (Lipinski definition) is 1. The largest absolute Gasteiger partial charge is 0.491 e. The lowest BCUT2D eigenvalue weighted by molar-refractivity contribution is -0.118. The summed E-state index contributed by atoms with van der Waals surface area (Å²) in [6.07, 6.45) is -0.450. The van der Waals surface area contributed by atoms with Crippen LogP contribution in [0.3, 0.4) is 0 Å². The highest BCUT2D eigenvalue weighted by Gasteiger charge is 2.35. The van der Waals surface area contributed by atoms with Crippen molar-refractivity contribution in [3.05, 3.63) is 59.9 Å². The van der Waals surface area contributed by atoms with Crippen molar-refractivity contribution in [2.45, 2.75) is 30.7 Å². The third-order valence-corrected chi connectivity index (χ3v) is 6.25. The molecular weight excluding hydrogens is 451 g/mol. The quantitative estimate of drug-likeness (QED) is 0.595. The Morgan fingerprint density at radius 3 is 2.64 bits per heavy atom. The van der Waals surface area contributed by atoms with Gasteiger partial charge in [-0.2, -0.15) is 0 Å². The van der Waals surface area contributed by atoms with Gasteiger partial charge in [0.25, 0.3) is 5.24 Å². The Morgan fingerprint density at radius 2 is 1.94 bits per heavy atom. The molecule has 0 bridgehead atoms. The normalized spacial score (nSPS) is 21.0. The van der Waals surface area contributed by atoms with Crippen molar-refractivity contribution in [1.82, 2.24) is 10.2 Å². The highest BCUT2D eigenvalue weighted by atomic mass is 32.2. The molecular formula is C23H23FN2O6S. The highest BCUT2D eigenvalue weighted by Crippen LogP contribution is 2.24. The predicted octanol–water partition coefficient (Wildman–Crippen LogP) is 3.39. The number of imide groups is 1. The smallest absolute Gasteiger partial charge is 0.410 e. The summed E-state index contributed by atoms with van der Waals surface area (Å²) in [6, 6.07) is 12.8. The first kappa shape index (κ1) is 22.9. The molecule has 0 spiro atoms. The van der Waals surface area contributed by atoms with Gasteiger partial charge in [-0.05, 0) is 43.2 Å². The van der Waals surface area contributed by atoms with Crippen LogP contribution in [0.4, 0.5) is 14.0 Å². The van der Waals surface area contributed by atoms with Gasteiger partial charge >= 0.3 is 6.09 Å². The van der Waals surface area contributed by atoms with Crippen molar-refractivity contribution in [2.75, 3.05) is 19.8 Å². The third kappa shape index (κ3) is 5.95. The van der Waals surface area contributed by atoms with Crippen molar-refractivity contribution in [2.24, 2.45) is 0 Å². The van der Waals surface area contributed by atoms with Crippen LogP contribution in [0.15, 0.2) is 48.5 Å². The number of benzene rings is 2. The Hall–Kier alpha value is -3.27. The number of halogens is 1. The minimum atomic E-state index is -0.458. The molecule has 4 rings (SSSR count). The average Bonchev–Trinajstić information content (AvgIpc) is 3.32. The standard InChI is InChI=1S/C23H23FN2O6S/c1-14(26-11-19(32-23(26)29)13-31-18-4-2-3-16(24)10-18)12-30-17-7-5-15(6-8-17)9-20-21(27)25-22(28)33-20/h2-8,10,14,19-20H,9,11-13H2,1H3,(H,25,27,28). The maximum absolute atomic E-state index is 13.2. The van der Waals surface area contributed by atoms with Gasteiger partial charge in [0.1, 0.15) is 30.5 Å². The minimum absolute atomic E-state index is 0.129. The molecule has 0 aliphatic carbocycles. The summed E-state index contributed by atoms with van der Waals surface area (Å²) in [5.41, 5.74) is 0.919. The van der Waals surface area contributed by atoms with Gasteiger partial charge in [-0.15, -0.1) is 0 Å². The minimum Gasteiger partial charge on any atom is -0.491 e. The Balaban J connectivity index is 1.23. The number of ether oxygens (including phenoxy) is 3. The van der Waals surface area contributed by atoms with Crippen LogP contribution in [0.5, 0.6) is 11.5 Å². The molecule has 8 nitrogen and oxygen atoms in total. The van der Waals surface area contributed by atoms with E-state index in [2.05, 4.69) is 5.32 Å². The molecule has 10 heteroatoms. The lowest BCUT2D eigenvalue weighted by Crippen LogP contribution is -2.38. The van der Waals surface area contributed by atoms with Gasteiger partial charge in [-0.25, -0.2) is 9.18 Å². The summed E-state index contributed by atoms with van der Waals surface area (Å²) in [7, 11) is 0.